The molecule has 0 saturated carbocycles. The van der Waals surface area contributed by atoms with Crippen LogP contribution >= 0.6 is 0 Å². The normalized spacial score (nSPS) is 14.2. The molecule has 7 heteroatoms. The number of hydrogen-bond acceptors (Lipinski definition) is 5. The average molecular weight is 454 g/mol. The zero-order valence-corrected chi connectivity index (χ0v) is 19.3. The molecule has 2 aromatic heterocycles. The molecule has 7 nitrogen and oxygen atoms in total. The van der Waals surface area contributed by atoms with Gasteiger partial charge in [-0.1, -0.05) is 35.4 Å². The Morgan fingerprint density at radius 1 is 1.00 bits per heavy atom. The highest BCUT2D eigenvalue weighted by Gasteiger charge is 2.24. The van der Waals surface area contributed by atoms with E-state index in [1.165, 1.54) is 11.1 Å². The molecule has 0 bridgehead atoms. The van der Waals surface area contributed by atoms with Crippen LogP contribution in [0, 0.1) is 13.8 Å². The number of fused-ring (bicyclic) bond motifs is 1. The lowest BCUT2D eigenvalue weighted by Crippen LogP contribution is -2.46. The number of phenolic OH excluding ortho intramolecular Hbond substituents is 1. The Morgan fingerprint density at radius 2 is 1.71 bits per heavy atom. The number of phenols is 1. The van der Waals surface area contributed by atoms with Crippen LogP contribution in [0.1, 0.15) is 32.7 Å². The predicted molar refractivity (Wildman–Crippen MR) is 134 cm³/mol. The van der Waals surface area contributed by atoms with Gasteiger partial charge in [-0.3, -0.25) is 4.79 Å². The number of aromatic nitrogens is 3. The number of aromatic hydroxyl groups is 1. The van der Waals surface area contributed by atoms with Crippen LogP contribution < -0.4 is 5.32 Å². The Kier molecular flexibility index (Phi) is 5.86. The Balaban J connectivity index is 1.66. The Hall–Kier alpha value is -3.97. The quantitative estimate of drug-likeness (QED) is 0.489. The number of amides is 1. The molecule has 1 fully saturated rings. The van der Waals surface area contributed by atoms with Gasteiger partial charge in [-0.2, -0.15) is 5.10 Å². The number of carbonyl (C=O) groups excluding carboxylic acids is 1. The van der Waals surface area contributed by atoms with Crippen LogP contribution in [0.2, 0.25) is 0 Å². The molecule has 2 N–H and O–H groups in total. The molecule has 2 aromatic carbocycles. The molecule has 34 heavy (non-hydrogen) atoms. The number of hydrogen-bond donors (Lipinski definition) is 2. The number of piperazine rings is 1. The van der Waals surface area contributed by atoms with Crippen molar-refractivity contribution < 1.29 is 9.90 Å². The second-order valence-electron chi connectivity index (χ2n) is 8.67. The maximum Gasteiger partial charge on any atom is 0.254 e. The SMILES string of the molecule is Cc1cc(C)cc(/C=C/c2nn(-c3ccc(O)cc3)c3nccc(C(=O)N4CCNCC4)c23)c1. The molecule has 172 valence electrons. The summed E-state index contributed by atoms with van der Waals surface area (Å²) in [6, 6.07) is 15.0. The smallest absolute Gasteiger partial charge is 0.254 e. The van der Waals surface area contributed by atoms with E-state index >= 15 is 0 Å². The number of nitrogens with zero attached hydrogens (tertiary/aromatic N) is 4. The zero-order valence-electron chi connectivity index (χ0n) is 19.3. The Labute approximate surface area is 198 Å². The molecular formula is C27H27N5O2. The molecule has 5 rings (SSSR count). The van der Waals surface area contributed by atoms with Gasteiger partial charge in [-0.25, -0.2) is 9.67 Å². The molecule has 1 amide bonds. The van der Waals surface area contributed by atoms with E-state index in [-0.39, 0.29) is 11.7 Å². The summed E-state index contributed by atoms with van der Waals surface area (Å²) in [6.07, 6.45) is 5.63. The summed E-state index contributed by atoms with van der Waals surface area (Å²) in [6.45, 7) is 7.06. The summed E-state index contributed by atoms with van der Waals surface area (Å²) in [5, 5.41) is 18.6. The second kappa shape index (κ2) is 9.11. The molecule has 0 unspecified atom stereocenters. The monoisotopic (exact) mass is 453 g/mol. The first-order chi connectivity index (χ1) is 16.5. The third-order valence-electron chi connectivity index (χ3n) is 6.00. The van der Waals surface area contributed by atoms with Crippen molar-refractivity contribution in [1.82, 2.24) is 25.0 Å². The Morgan fingerprint density at radius 3 is 2.41 bits per heavy atom. The third-order valence-corrected chi connectivity index (χ3v) is 6.00. The topological polar surface area (TPSA) is 83.3 Å². The van der Waals surface area contributed by atoms with Gasteiger partial charge in [0.15, 0.2) is 5.65 Å². The van der Waals surface area contributed by atoms with Crippen LogP contribution in [0.25, 0.3) is 28.9 Å². The van der Waals surface area contributed by atoms with Crippen molar-refractivity contribution in [2.24, 2.45) is 0 Å². The van der Waals surface area contributed by atoms with Gasteiger partial charge in [0.2, 0.25) is 0 Å². The number of benzene rings is 2. The first-order valence-electron chi connectivity index (χ1n) is 11.4. The van der Waals surface area contributed by atoms with Crippen LogP contribution in [-0.2, 0) is 0 Å². The lowest BCUT2D eigenvalue weighted by atomic mass is 10.1. The molecule has 4 aromatic rings. The van der Waals surface area contributed by atoms with E-state index in [9.17, 15) is 9.90 Å². The largest absolute Gasteiger partial charge is 0.508 e. The van der Waals surface area contributed by atoms with E-state index in [0.29, 0.717) is 30.0 Å². The minimum Gasteiger partial charge on any atom is -0.508 e. The van der Waals surface area contributed by atoms with Crippen molar-refractivity contribution in [3.63, 3.8) is 0 Å². The van der Waals surface area contributed by atoms with E-state index in [1.54, 1.807) is 41.2 Å². The van der Waals surface area contributed by atoms with E-state index in [0.717, 1.165) is 29.7 Å². The molecule has 1 saturated heterocycles. The molecule has 0 spiro atoms. The summed E-state index contributed by atoms with van der Waals surface area (Å²) in [7, 11) is 0. The van der Waals surface area contributed by atoms with Crippen LogP contribution in [0.15, 0.2) is 54.7 Å². The molecule has 0 radical (unpaired) electrons. The standard InChI is InChI=1S/C27H27N5O2/c1-18-15-19(2)17-20(16-18)3-8-24-25-23(27(34)31-13-11-28-12-14-31)9-10-29-26(25)32(30-24)21-4-6-22(33)7-5-21/h3-10,15-17,28,33H,11-14H2,1-2H3/b8-3+. The highest BCUT2D eigenvalue weighted by molar-refractivity contribution is 6.08. The van der Waals surface area contributed by atoms with Gasteiger partial charge in [0, 0.05) is 32.4 Å². The first-order valence-corrected chi connectivity index (χ1v) is 11.4. The summed E-state index contributed by atoms with van der Waals surface area (Å²) < 4.78 is 1.73. The minimum atomic E-state index is -0.0137. The fourth-order valence-corrected chi connectivity index (χ4v) is 4.46. The second-order valence-corrected chi connectivity index (χ2v) is 8.67. The average Bonchev–Trinajstić information content (AvgIpc) is 3.22. The van der Waals surface area contributed by atoms with Crippen molar-refractivity contribution in [3.05, 3.63) is 82.7 Å². The van der Waals surface area contributed by atoms with Gasteiger partial charge in [0.05, 0.1) is 22.3 Å². The minimum absolute atomic E-state index is 0.0137. The summed E-state index contributed by atoms with van der Waals surface area (Å²) in [5.74, 6) is 0.165. The summed E-state index contributed by atoms with van der Waals surface area (Å²) in [5.41, 5.74) is 6.08. The molecular weight excluding hydrogens is 426 g/mol. The van der Waals surface area contributed by atoms with E-state index in [4.69, 9.17) is 5.10 Å². The fourth-order valence-electron chi connectivity index (χ4n) is 4.46. The van der Waals surface area contributed by atoms with Gasteiger partial charge in [0.1, 0.15) is 5.75 Å². The van der Waals surface area contributed by atoms with Crippen LogP contribution in [0.3, 0.4) is 0 Å². The van der Waals surface area contributed by atoms with Crippen LogP contribution in [0.4, 0.5) is 0 Å². The van der Waals surface area contributed by atoms with Crippen molar-refractivity contribution in [2.45, 2.75) is 13.8 Å². The summed E-state index contributed by atoms with van der Waals surface area (Å²) in [4.78, 5) is 20.0. The lowest BCUT2D eigenvalue weighted by Gasteiger charge is -2.27. The fraction of sp³-hybridized carbons (Fsp3) is 0.222. The Bertz CT molecular complexity index is 1360. The van der Waals surface area contributed by atoms with Crippen LogP contribution in [-0.4, -0.2) is 56.9 Å². The highest BCUT2D eigenvalue weighted by atomic mass is 16.3. The van der Waals surface area contributed by atoms with Gasteiger partial charge >= 0.3 is 0 Å². The van der Waals surface area contributed by atoms with Gasteiger partial charge in [-0.15, -0.1) is 0 Å². The van der Waals surface area contributed by atoms with E-state index < -0.39 is 0 Å². The van der Waals surface area contributed by atoms with Crippen molar-refractivity contribution in [1.29, 1.82) is 0 Å². The van der Waals surface area contributed by atoms with Gasteiger partial charge < -0.3 is 15.3 Å². The number of pyridine rings is 1. The number of rotatable bonds is 4. The van der Waals surface area contributed by atoms with Crippen molar-refractivity contribution in [3.8, 4) is 11.4 Å². The van der Waals surface area contributed by atoms with Gasteiger partial charge in [-0.05, 0) is 55.8 Å². The van der Waals surface area contributed by atoms with Crippen molar-refractivity contribution >= 4 is 29.1 Å². The number of carbonyl (C=O) groups is 1. The van der Waals surface area contributed by atoms with Gasteiger partial charge in [0.25, 0.3) is 5.91 Å². The number of aryl methyl sites for hydroxylation is 2. The number of nitrogens with one attached hydrogen (secondary N) is 1. The predicted octanol–water partition coefficient (Wildman–Crippen LogP) is 3.96. The highest BCUT2D eigenvalue weighted by Crippen LogP contribution is 2.27. The van der Waals surface area contributed by atoms with E-state index in [2.05, 4.69) is 42.3 Å². The molecule has 1 aliphatic rings. The first kappa shape index (κ1) is 21.9. The zero-order chi connectivity index (χ0) is 23.7. The van der Waals surface area contributed by atoms with Crippen LogP contribution in [0.5, 0.6) is 5.75 Å². The van der Waals surface area contributed by atoms with E-state index in [1.807, 2.05) is 17.1 Å². The third kappa shape index (κ3) is 4.30. The molecule has 0 atom stereocenters. The summed E-state index contributed by atoms with van der Waals surface area (Å²) >= 11 is 0. The molecule has 3 heterocycles. The maximum atomic E-state index is 13.5. The van der Waals surface area contributed by atoms with Crippen molar-refractivity contribution in [2.75, 3.05) is 26.2 Å². The lowest BCUT2D eigenvalue weighted by molar-refractivity contribution is 0.0737. The molecule has 1 aliphatic heterocycles. The molecule has 0 aliphatic carbocycles. The maximum absolute atomic E-state index is 13.5.